The Bertz CT molecular complexity index is 1230. The van der Waals surface area contributed by atoms with Gasteiger partial charge in [0.25, 0.3) is 0 Å². The lowest BCUT2D eigenvalue weighted by molar-refractivity contribution is 0.0929. The summed E-state index contributed by atoms with van der Waals surface area (Å²) in [6, 6.07) is 16.9. The summed E-state index contributed by atoms with van der Waals surface area (Å²) in [4.78, 5) is 12.5. The van der Waals surface area contributed by atoms with Gasteiger partial charge in [-0.3, -0.25) is 4.79 Å². The normalized spacial score (nSPS) is 11.2. The quantitative estimate of drug-likeness (QED) is 0.381. The lowest BCUT2D eigenvalue weighted by Crippen LogP contribution is -2.16. The Morgan fingerprint density at radius 2 is 1.67 bits per heavy atom. The van der Waals surface area contributed by atoms with Gasteiger partial charge in [-0.15, -0.1) is 0 Å². The van der Waals surface area contributed by atoms with Crippen LogP contribution in [0.5, 0.6) is 17.2 Å². The number of hydrazone groups is 1. The van der Waals surface area contributed by atoms with Crippen LogP contribution in [0.3, 0.4) is 0 Å². The molecule has 0 saturated carbocycles. The lowest BCUT2D eigenvalue weighted by Gasteiger charge is -2.12. The second-order valence-electron chi connectivity index (χ2n) is 6.47. The number of ether oxygens (including phenoxy) is 3. The molecule has 7 nitrogen and oxygen atoms in total. The highest BCUT2D eigenvalue weighted by atomic mass is 16.5. The lowest BCUT2D eigenvalue weighted by atomic mass is 10.1. The average molecular weight is 404 g/mol. The van der Waals surface area contributed by atoms with E-state index in [0.29, 0.717) is 28.4 Å². The fraction of sp³-hybridized carbons (Fsp3) is 0.130. The van der Waals surface area contributed by atoms with Gasteiger partial charge < -0.3 is 18.6 Å². The van der Waals surface area contributed by atoms with Gasteiger partial charge in [-0.1, -0.05) is 30.3 Å². The first-order valence-corrected chi connectivity index (χ1v) is 9.19. The Kier molecular flexibility index (Phi) is 5.26. The Labute approximate surface area is 172 Å². The van der Waals surface area contributed by atoms with Crippen molar-refractivity contribution in [1.82, 2.24) is 5.43 Å². The molecule has 0 aliphatic carbocycles. The summed E-state index contributed by atoms with van der Waals surface area (Å²) in [5.74, 6) is 1.21. The Morgan fingerprint density at radius 1 is 0.933 bits per heavy atom. The maximum atomic E-state index is 12.5. The molecule has 30 heavy (non-hydrogen) atoms. The highest BCUT2D eigenvalue weighted by Crippen LogP contribution is 2.37. The zero-order chi connectivity index (χ0) is 21.1. The van der Waals surface area contributed by atoms with Crippen LogP contribution in [-0.4, -0.2) is 33.5 Å². The summed E-state index contributed by atoms with van der Waals surface area (Å²) in [6.07, 6.45) is 1.49. The van der Waals surface area contributed by atoms with Crippen LogP contribution in [0.15, 0.2) is 64.1 Å². The van der Waals surface area contributed by atoms with Crippen molar-refractivity contribution in [3.63, 3.8) is 0 Å². The highest BCUT2D eigenvalue weighted by Gasteiger charge is 2.14. The number of fused-ring (bicyclic) bond motifs is 3. The molecular weight excluding hydrogens is 384 g/mol. The molecule has 0 aliphatic rings. The predicted molar refractivity (Wildman–Crippen MR) is 115 cm³/mol. The molecule has 0 spiro atoms. The van der Waals surface area contributed by atoms with E-state index in [4.69, 9.17) is 18.6 Å². The first-order valence-electron chi connectivity index (χ1n) is 9.19. The molecule has 0 atom stereocenters. The standard InChI is InChI=1S/C23H20N2O5/c1-27-19-10-14(11-20(28-2)22(19)29-3)13-24-25-23(26)21-12-17-16-7-5-4-6-15(16)8-9-18(17)30-21/h4-13H,1-3H3,(H,25,26)/b24-13+. The minimum atomic E-state index is -0.445. The number of nitrogens with zero attached hydrogens (tertiary/aromatic N) is 1. The van der Waals surface area contributed by atoms with Crippen LogP contribution in [0.4, 0.5) is 0 Å². The molecule has 7 heteroatoms. The van der Waals surface area contributed by atoms with Gasteiger partial charge in [-0.2, -0.15) is 5.10 Å². The van der Waals surface area contributed by atoms with Crippen LogP contribution in [0.1, 0.15) is 16.1 Å². The summed E-state index contributed by atoms with van der Waals surface area (Å²) < 4.78 is 21.6. The first-order chi connectivity index (χ1) is 14.6. The number of amides is 1. The summed E-state index contributed by atoms with van der Waals surface area (Å²) in [5, 5.41) is 7.01. The average Bonchev–Trinajstić information content (AvgIpc) is 3.23. The Hall–Kier alpha value is -4.00. The third-order valence-corrected chi connectivity index (χ3v) is 4.72. The fourth-order valence-corrected chi connectivity index (χ4v) is 3.30. The summed E-state index contributed by atoms with van der Waals surface area (Å²) >= 11 is 0. The fourth-order valence-electron chi connectivity index (χ4n) is 3.30. The van der Waals surface area contributed by atoms with Gasteiger partial charge in [-0.05, 0) is 35.0 Å². The van der Waals surface area contributed by atoms with Crippen LogP contribution in [0.25, 0.3) is 21.7 Å². The van der Waals surface area contributed by atoms with Crippen LogP contribution >= 0.6 is 0 Å². The molecule has 152 valence electrons. The third-order valence-electron chi connectivity index (χ3n) is 4.72. The van der Waals surface area contributed by atoms with Crippen LogP contribution in [0.2, 0.25) is 0 Å². The Balaban J connectivity index is 1.56. The topological polar surface area (TPSA) is 82.3 Å². The van der Waals surface area contributed by atoms with Crippen LogP contribution in [-0.2, 0) is 0 Å². The Morgan fingerprint density at radius 3 is 2.37 bits per heavy atom. The van der Waals surface area contributed by atoms with E-state index in [1.807, 2.05) is 36.4 Å². The maximum absolute atomic E-state index is 12.5. The molecule has 4 rings (SSSR count). The van der Waals surface area contributed by atoms with Crippen LogP contribution in [0, 0.1) is 0 Å². The molecule has 3 aromatic carbocycles. The van der Waals surface area contributed by atoms with E-state index in [1.54, 1.807) is 18.2 Å². The molecule has 1 amide bonds. The first kappa shape index (κ1) is 19.3. The van der Waals surface area contributed by atoms with E-state index in [-0.39, 0.29) is 5.76 Å². The van der Waals surface area contributed by atoms with Gasteiger partial charge in [-0.25, -0.2) is 5.43 Å². The summed E-state index contributed by atoms with van der Waals surface area (Å²) in [7, 11) is 4.60. The molecular formula is C23H20N2O5. The second kappa shape index (κ2) is 8.16. The van der Waals surface area contributed by atoms with Gasteiger partial charge in [0.05, 0.1) is 27.5 Å². The van der Waals surface area contributed by atoms with Gasteiger partial charge in [0.2, 0.25) is 5.75 Å². The molecule has 0 aliphatic heterocycles. The van der Waals surface area contributed by atoms with Crippen molar-refractivity contribution in [3.05, 3.63) is 65.9 Å². The molecule has 0 unspecified atom stereocenters. The van der Waals surface area contributed by atoms with Gasteiger partial charge in [0, 0.05) is 10.9 Å². The van der Waals surface area contributed by atoms with E-state index in [1.165, 1.54) is 27.5 Å². The van der Waals surface area contributed by atoms with Crippen molar-refractivity contribution in [2.45, 2.75) is 0 Å². The van der Waals surface area contributed by atoms with Gasteiger partial charge in [0.1, 0.15) is 5.58 Å². The van der Waals surface area contributed by atoms with Crippen molar-refractivity contribution >= 4 is 33.9 Å². The van der Waals surface area contributed by atoms with Crippen molar-refractivity contribution in [2.75, 3.05) is 21.3 Å². The number of nitrogens with one attached hydrogen (secondary N) is 1. The number of methoxy groups -OCH3 is 3. The third kappa shape index (κ3) is 3.53. The number of carbonyl (C=O) groups excluding carboxylic acids is 1. The zero-order valence-electron chi connectivity index (χ0n) is 16.8. The second-order valence-corrected chi connectivity index (χ2v) is 6.47. The molecule has 0 fully saturated rings. The molecule has 0 saturated heterocycles. The number of hydrogen-bond acceptors (Lipinski definition) is 6. The number of rotatable bonds is 6. The maximum Gasteiger partial charge on any atom is 0.307 e. The van der Waals surface area contributed by atoms with Crippen molar-refractivity contribution < 1.29 is 23.4 Å². The van der Waals surface area contributed by atoms with E-state index in [9.17, 15) is 4.79 Å². The molecule has 0 radical (unpaired) electrons. The van der Waals surface area contributed by atoms with E-state index in [0.717, 1.165) is 16.2 Å². The number of hydrogen-bond donors (Lipinski definition) is 1. The summed E-state index contributed by atoms with van der Waals surface area (Å²) in [5.41, 5.74) is 3.80. The molecule has 1 aromatic heterocycles. The molecule has 4 aromatic rings. The highest BCUT2D eigenvalue weighted by molar-refractivity contribution is 6.08. The SMILES string of the molecule is COc1cc(/C=N/NC(=O)c2cc3c(ccc4ccccc43)o2)cc(OC)c1OC. The van der Waals surface area contributed by atoms with Gasteiger partial charge in [0.15, 0.2) is 17.3 Å². The largest absolute Gasteiger partial charge is 0.493 e. The van der Waals surface area contributed by atoms with Crippen molar-refractivity contribution in [3.8, 4) is 17.2 Å². The molecule has 1 N–H and O–H groups in total. The van der Waals surface area contributed by atoms with E-state index < -0.39 is 5.91 Å². The van der Waals surface area contributed by atoms with E-state index in [2.05, 4.69) is 10.5 Å². The minimum Gasteiger partial charge on any atom is -0.493 e. The van der Waals surface area contributed by atoms with Gasteiger partial charge >= 0.3 is 5.91 Å². The monoisotopic (exact) mass is 404 g/mol. The summed E-state index contributed by atoms with van der Waals surface area (Å²) in [6.45, 7) is 0. The minimum absolute atomic E-state index is 0.184. The van der Waals surface area contributed by atoms with E-state index >= 15 is 0 Å². The van der Waals surface area contributed by atoms with Crippen molar-refractivity contribution in [1.29, 1.82) is 0 Å². The number of benzene rings is 3. The molecule has 0 bridgehead atoms. The zero-order valence-corrected chi connectivity index (χ0v) is 16.8. The molecule has 1 heterocycles. The van der Waals surface area contributed by atoms with Crippen molar-refractivity contribution in [2.24, 2.45) is 5.10 Å². The smallest absolute Gasteiger partial charge is 0.307 e. The number of furan rings is 1. The predicted octanol–water partition coefficient (Wildman–Crippen LogP) is 4.38. The number of carbonyl (C=O) groups is 1. The van der Waals surface area contributed by atoms with Crippen LogP contribution < -0.4 is 19.6 Å².